The molecule has 0 aromatic heterocycles. The number of hydrogen-bond donors (Lipinski definition) is 0. The minimum Gasteiger partial charge on any atom is -0.274 e. The summed E-state index contributed by atoms with van der Waals surface area (Å²) in [6.45, 7) is 0.0962. The van der Waals surface area contributed by atoms with Crippen molar-refractivity contribution in [3.8, 4) is 0 Å². The Morgan fingerprint density at radius 2 is 1.31 bits per heavy atom. The molecule has 0 fully saturated rings. The lowest BCUT2D eigenvalue weighted by Crippen LogP contribution is -2.45. The Morgan fingerprint density at radius 1 is 0.731 bits per heavy atom. The van der Waals surface area contributed by atoms with Gasteiger partial charge in [-0.2, -0.15) is 0 Å². The van der Waals surface area contributed by atoms with E-state index in [9.17, 15) is 19.2 Å². The van der Waals surface area contributed by atoms with Crippen LogP contribution in [0.3, 0.4) is 0 Å². The fraction of sp³-hybridized carbons (Fsp3) is 0.100. The van der Waals surface area contributed by atoms with E-state index in [1.165, 1.54) is 6.08 Å². The van der Waals surface area contributed by atoms with E-state index in [2.05, 4.69) is 0 Å². The van der Waals surface area contributed by atoms with Gasteiger partial charge < -0.3 is 0 Å². The van der Waals surface area contributed by atoms with Crippen molar-refractivity contribution < 1.29 is 19.2 Å². The fourth-order valence-electron chi connectivity index (χ4n) is 3.15. The second kappa shape index (κ2) is 6.07. The molecule has 2 aliphatic rings. The molecule has 0 atom stereocenters. The number of carbonyl (C=O) groups excluding carboxylic acids is 4. The molecule has 0 aliphatic carbocycles. The molecule has 6 heteroatoms. The maximum Gasteiger partial charge on any atom is 0.277 e. The van der Waals surface area contributed by atoms with Crippen LogP contribution in [0.5, 0.6) is 0 Å². The molecule has 0 unspecified atom stereocenters. The molecular weight excluding hydrogens is 332 g/mol. The number of rotatable bonds is 3. The largest absolute Gasteiger partial charge is 0.277 e. The van der Waals surface area contributed by atoms with Crippen molar-refractivity contribution in [2.75, 3.05) is 0 Å². The Balaban J connectivity index is 1.66. The van der Waals surface area contributed by atoms with Crippen molar-refractivity contribution in [3.63, 3.8) is 0 Å². The molecule has 26 heavy (non-hydrogen) atoms. The van der Waals surface area contributed by atoms with E-state index in [1.54, 1.807) is 36.4 Å². The summed E-state index contributed by atoms with van der Waals surface area (Å²) in [4.78, 5) is 52.2. The first-order valence-corrected chi connectivity index (χ1v) is 8.14. The normalized spacial score (nSPS) is 16.8. The number of fused-ring (bicyclic) bond motifs is 1. The SMILES string of the molecule is O=C1CC=C(N2C(=O)c3ccccc3C2=O)C(=O)N1Cc1ccccc1. The number of nitrogens with zero attached hydrogens (tertiary/aromatic N) is 2. The van der Waals surface area contributed by atoms with Gasteiger partial charge in [-0.25, -0.2) is 4.90 Å². The summed E-state index contributed by atoms with van der Waals surface area (Å²) >= 11 is 0. The van der Waals surface area contributed by atoms with Gasteiger partial charge in [-0.3, -0.25) is 24.1 Å². The minimum atomic E-state index is -0.639. The highest BCUT2D eigenvalue weighted by Crippen LogP contribution is 2.29. The van der Waals surface area contributed by atoms with Gasteiger partial charge in [0.25, 0.3) is 17.7 Å². The highest BCUT2D eigenvalue weighted by molar-refractivity contribution is 6.26. The average Bonchev–Trinajstić information content (AvgIpc) is 2.91. The van der Waals surface area contributed by atoms with Gasteiger partial charge in [0.15, 0.2) is 0 Å². The van der Waals surface area contributed by atoms with Crippen LogP contribution in [-0.2, 0) is 16.1 Å². The van der Waals surface area contributed by atoms with Gasteiger partial charge >= 0.3 is 0 Å². The summed E-state index contributed by atoms with van der Waals surface area (Å²) in [6.07, 6.45) is 1.31. The smallest absolute Gasteiger partial charge is 0.274 e. The zero-order valence-electron chi connectivity index (χ0n) is 13.7. The quantitative estimate of drug-likeness (QED) is 0.798. The van der Waals surface area contributed by atoms with Crippen LogP contribution in [-0.4, -0.2) is 33.4 Å². The van der Waals surface area contributed by atoms with Crippen molar-refractivity contribution in [2.24, 2.45) is 0 Å². The maximum absolute atomic E-state index is 12.9. The molecule has 4 amide bonds. The predicted octanol–water partition coefficient (Wildman–Crippen LogP) is 2.13. The number of amides is 4. The summed E-state index contributed by atoms with van der Waals surface area (Å²) in [6, 6.07) is 15.5. The van der Waals surface area contributed by atoms with Crippen molar-refractivity contribution in [2.45, 2.75) is 13.0 Å². The number of imide groups is 2. The van der Waals surface area contributed by atoms with Crippen molar-refractivity contribution in [1.29, 1.82) is 0 Å². The molecular formula is C20H14N2O4. The van der Waals surface area contributed by atoms with Crippen LogP contribution in [0.15, 0.2) is 66.4 Å². The Hall–Kier alpha value is -3.54. The molecule has 2 heterocycles. The van der Waals surface area contributed by atoms with E-state index >= 15 is 0 Å². The van der Waals surface area contributed by atoms with Crippen LogP contribution in [0.1, 0.15) is 32.7 Å². The molecule has 0 saturated carbocycles. The molecule has 2 aromatic rings. The van der Waals surface area contributed by atoms with Gasteiger partial charge in [0.05, 0.1) is 17.7 Å². The van der Waals surface area contributed by atoms with Crippen LogP contribution in [0.2, 0.25) is 0 Å². The van der Waals surface area contributed by atoms with Crippen LogP contribution in [0.25, 0.3) is 0 Å². The second-order valence-corrected chi connectivity index (χ2v) is 6.06. The third-order valence-corrected chi connectivity index (χ3v) is 4.45. The summed E-state index contributed by atoms with van der Waals surface area (Å²) in [7, 11) is 0. The van der Waals surface area contributed by atoms with E-state index in [0.29, 0.717) is 0 Å². The van der Waals surface area contributed by atoms with Gasteiger partial charge in [-0.15, -0.1) is 0 Å². The topological polar surface area (TPSA) is 74.8 Å². The minimum absolute atomic E-state index is 0.0404. The lowest BCUT2D eigenvalue weighted by Gasteiger charge is -2.28. The lowest BCUT2D eigenvalue weighted by molar-refractivity contribution is -0.144. The molecule has 0 saturated heterocycles. The van der Waals surface area contributed by atoms with Gasteiger partial charge in [-0.05, 0) is 23.8 Å². The van der Waals surface area contributed by atoms with Gasteiger partial charge in [-0.1, -0.05) is 42.5 Å². The summed E-state index contributed by atoms with van der Waals surface area (Å²) in [5.41, 5.74) is 1.25. The third kappa shape index (κ3) is 2.43. The first kappa shape index (κ1) is 16.0. The third-order valence-electron chi connectivity index (χ3n) is 4.45. The Morgan fingerprint density at radius 3 is 1.92 bits per heavy atom. The van der Waals surface area contributed by atoms with Crippen LogP contribution in [0.4, 0.5) is 0 Å². The molecule has 2 aliphatic heterocycles. The van der Waals surface area contributed by atoms with E-state index in [0.717, 1.165) is 15.4 Å². The Labute approximate surface area is 149 Å². The summed E-state index contributed by atoms with van der Waals surface area (Å²) in [5, 5.41) is 0. The van der Waals surface area contributed by atoms with Crippen LogP contribution < -0.4 is 0 Å². The molecule has 0 radical (unpaired) electrons. The zero-order valence-corrected chi connectivity index (χ0v) is 13.7. The zero-order chi connectivity index (χ0) is 18.3. The summed E-state index contributed by atoms with van der Waals surface area (Å²) < 4.78 is 0. The van der Waals surface area contributed by atoms with Crippen molar-refractivity contribution >= 4 is 23.6 Å². The molecule has 0 N–H and O–H groups in total. The highest BCUT2D eigenvalue weighted by Gasteiger charge is 2.42. The van der Waals surface area contributed by atoms with Gasteiger partial charge in [0.2, 0.25) is 5.91 Å². The Bertz CT molecular complexity index is 943. The van der Waals surface area contributed by atoms with Crippen LogP contribution in [0, 0.1) is 0 Å². The maximum atomic E-state index is 12.9. The van der Waals surface area contributed by atoms with E-state index in [1.807, 2.05) is 18.2 Å². The predicted molar refractivity (Wildman–Crippen MR) is 91.6 cm³/mol. The summed E-state index contributed by atoms with van der Waals surface area (Å²) in [5.74, 6) is -2.09. The molecule has 4 rings (SSSR count). The van der Waals surface area contributed by atoms with Gasteiger partial charge in [0, 0.05) is 6.42 Å². The van der Waals surface area contributed by atoms with E-state index < -0.39 is 17.7 Å². The van der Waals surface area contributed by atoms with Crippen molar-refractivity contribution in [1.82, 2.24) is 9.80 Å². The standard InChI is InChI=1S/C20H14N2O4/c23-17-11-10-16(20(26)21(17)12-13-6-2-1-3-7-13)22-18(24)14-8-4-5-9-15(14)19(22)25/h1-10H,11-12H2. The monoisotopic (exact) mass is 346 g/mol. The van der Waals surface area contributed by atoms with Crippen molar-refractivity contribution in [3.05, 3.63) is 83.1 Å². The molecule has 0 bridgehead atoms. The lowest BCUT2D eigenvalue weighted by atomic mass is 10.1. The van der Waals surface area contributed by atoms with E-state index in [4.69, 9.17) is 0 Å². The average molecular weight is 346 g/mol. The highest BCUT2D eigenvalue weighted by atomic mass is 16.2. The fourth-order valence-corrected chi connectivity index (χ4v) is 3.15. The number of carbonyl (C=O) groups is 4. The number of benzene rings is 2. The van der Waals surface area contributed by atoms with Crippen LogP contribution >= 0.6 is 0 Å². The first-order chi connectivity index (χ1) is 12.6. The number of hydrogen-bond acceptors (Lipinski definition) is 4. The van der Waals surface area contributed by atoms with E-state index in [-0.39, 0.29) is 35.7 Å². The van der Waals surface area contributed by atoms with Gasteiger partial charge in [0.1, 0.15) is 5.70 Å². The molecule has 0 spiro atoms. The first-order valence-electron chi connectivity index (χ1n) is 8.14. The Kier molecular flexibility index (Phi) is 3.73. The molecule has 128 valence electrons. The second-order valence-electron chi connectivity index (χ2n) is 6.06. The molecule has 2 aromatic carbocycles. The molecule has 6 nitrogen and oxygen atoms in total.